The van der Waals surface area contributed by atoms with Gasteiger partial charge in [-0.25, -0.2) is 13.1 Å². The molecule has 2 atom stereocenters. The zero-order valence-corrected chi connectivity index (χ0v) is 9.68. The van der Waals surface area contributed by atoms with Gasteiger partial charge in [0.25, 0.3) is 0 Å². The number of nitriles is 1. The summed E-state index contributed by atoms with van der Waals surface area (Å²) in [5, 5.41) is 10.8. The lowest BCUT2D eigenvalue weighted by Crippen LogP contribution is -2.40. The van der Waals surface area contributed by atoms with Crippen LogP contribution in [0.4, 0.5) is 0 Å². The number of sulfonamides is 1. The Morgan fingerprint density at radius 1 is 1.67 bits per heavy atom. The lowest BCUT2D eigenvalue weighted by Gasteiger charge is -2.23. The first-order valence-electron chi connectivity index (χ1n) is 5.15. The third-order valence-electron chi connectivity index (χ3n) is 2.62. The third-order valence-corrected chi connectivity index (χ3v) is 4.22. The largest absolute Gasteiger partial charge is 0.316 e. The molecule has 1 aliphatic heterocycles. The van der Waals surface area contributed by atoms with Crippen molar-refractivity contribution in [1.29, 1.82) is 5.26 Å². The van der Waals surface area contributed by atoms with Gasteiger partial charge in [-0.3, -0.25) is 0 Å². The standard InChI is InChI=1S/C9H17N3O2S/c1-8(5-10)15(13,14)12-7-9-3-2-4-11-6-9/h8-9,11-12H,2-4,6-7H2,1H3. The first kappa shape index (κ1) is 12.4. The van der Waals surface area contributed by atoms with Crippen molar-refractivity contribution in [2.24, 2.45) is 5.92 Å². The fourth-order valence-electron chi connectivity index (χ4n) is 1.53. The van der Waals surface area contributed by atoms with Crippen LogP contribution in [0.5, 0.6) is 0 Å². The molecule has 0 aromatic rings. The monoisotopic (exact) mass is 231 g/mol. The molecule has 0 saturated carbocycles. The Hall–Kier alpha value is -0.640. The molecule has 15 heavy (non-hydrogen) atoms. The van der Waals surface area contributed by atoms with Crippen molar-refractivity contribution in [3.05, 3.63) is 0 Å². The molecule has 6 heteroatoms. The SMILES string of the molecule is CC(C#N)S(=O)(=O)NCC1CCCNC1. The van der Waals surface area contributed by atoms with Crippen LogP contribution in [0, 0.1) is 17.2 Å². The molecule has 0 aliphatic carbocycles. The van der Waals surface area contributed by atoms with Crippen molar-refractivity contribution < 1.29 is 8.42 Å². The van der Waals surface area contributed by atoms with Crippen LogP contribution in [-0.4, -0.2) is 33.3 Å². The Labute approximate surface area is 90.9 Å². The van der Waals surface area contributed by atoms with E-state index >= 15 is 0 Å². The lowest BCUT2D eigenvalue weighted by atomic mass is 10.0. The summed E-state index contributed by atoms with van der Waals surface area (Å²) in [6.45, 7) is 3.68. The van der Waals surface area contributed by atoms with Crippen molar-refractivity contribution in [3.63, 3.8) is 0 Å². The number of nitrogens with zero attached hydrogens (tertiary/aromatic N) is 1. The van der Waals surface area contributed by atoms with Crippen LogP contribution in [-0.2, 0) is 10.0 Å². The average Bonchev–Trinajstić information content (AvgIpc) is 2.27. The van der Waals surface area contributed by atoms with Crippen molar-refractivity contribution in [3.8, 4) is 6.07 Å². The van der Waals surface area contributed by atoms with Crippen LogP contribution in [0.3, 0.4) is 0 Å². The van der Waals surface area contributed by atoms with Crippen LogP contribution in [0.25, 0.3) is 0 Å². The molecule has 1 saturated heterocycles. The number of rotatable bonds is 4. The summed E-state index contributed by atoms with van der Waals surface area (Å²) in [5.41, 5.74) is 0. The number of hydrogen-bond donors (Lipinski definition) is 2. The second kappa shape index (κ2) is 5.45. The number of nitrogens with one attached hydrogen (secondary N) is 2. The van der Waals surface area contributed by atoms with Gasteiger partial charge >= 0.3 is 0 Å². The van der Waals surface area contributed by atoms with Gasteiger partial charge in [-0.2, -0.15) is 5.26 Å². The van der Waals surface area contributed by atoms with Gasteiger partial charge in [0, 0.05) is 6.54 Å². The zero-order valence-electron chi connectivity index (χ0n) is 8.86. The second-order valence-corrected chi connectivity index (χ2v) is 5.96. The predicted molar refractivity (Wildman–Crippen MR) is 57.6 cm³/mol. The fourth-order valence-corrected chi connectivity index (χ4v) is 2.38. The molecule has 5 nitrogen and oxygen atoms in total. The van der Waals surface area contributed by atoms with E-state index < -0.39 is 15.3 Å². The highest BCUT2D eigenvalue weighted by Crippen LogP contribution is 2.09. The molecule has 0 spiro atoms. The number of hydrogen-bond acceptors (Lipinski definition) is 4. The first-order valence-corrected chi connectivity index (χ1v) is 6.69. The highest BCUT2D eigenvalue weighted by molar-refractivity contribution is 7.90. The van der Waals surface area contributed by atoms with Crippen molar-refractivity contribution in [2.45, 2.75) is 25.0 Å². The Kier molecular flexibility index (Phi) is 4.51. The van der Waals surface area contributed by atoms with Gasteiger partial charge in [0.2, 0.25) is 10.0 Å². The van der Waals surface area contributed by atoms with Crippen molar-refractivity contribution in [2.75, 3.05) is 19.6 Å². The van der Waals surface area contributed by atoms with Crippen LogP contribution >= 0.6 is 0 Å². The normalized spacial score (nSPS) is 24.4. The molecule has 0 aromatic heterocycles. The summed E-state index contributed by atoms with van der Waals surface area (Å²) in [6.07, 6.45) is 2.12. The number of piperidine rings is 1. The minimum atomic E-state index is -3.45. The molecule has 1 rings (SSSR count). The topological polar surface area (TPSA) is 82.0 Å². The first-order chi connectivity index (χ1) is 7.06. The Morgan fingerprint density at radius 2 is 2.40 bits per heavy atom. The van der Waals surface area contributed by atoms with E-state index in [4.69, 9.17) is 5.26 Å². The van der Waals surface area contributed by atoms with Crippen molar-refractivity contribution >= 4 is 10.0 Å². The van der Waals surface area contributed by atoms with E-state index in [1.165, 1.54) is 6.92 Å². The van der Waals surface area contributed by atoms with E-state index in [1.54, 1.807) is 6.07 Å². The molecule has 0 bridgehead atoms. The summed E-state index contributed by atoms with van der Waals surface area (Å²) < 4.78 is 25.4. The van der Waals surface area contributed by atoms with E-state index in [9.17, 15) is 8.42 Å². The maximum absolute atomic E-state index is 11.5. The molecular formula is C9H17N3O2S. The van der Waals surface area contributed by atoms with E-state index in [1.807, 2.05) is 0 Å². The average molecular weight is 231 g/mol. The predicted octanol–water partition coefficient (Wildman–Crippen LogP) is -0.183. The zero-order chi connectivity index (χ0) is 11.3. The highest BCUT2D eigenvalue weighted by atomic mass is 32.2. The lowest BCUT2D eigenvalue weighted by molar-refractivity contribution is 0.375. The Morgan fingerprint density at radius 3 is 2.93 bits per heavy atom. The summed E-state index contributed by atoms with van der Waals surface area (Å²) >= 11 is 0. The van der Waals surface area contributed by atoms with Gasteiger partial charge in [0.1, 0.15) is 0 Å². The second-order valence-electron chi connectivity index (χ2n) is 3.88. The summed E-state index contributed by atoms with van der Waals surface area (Å²) in [5.74, 6) is 0.347. The third kappa shape index (κ3) is 3.78. The molecule has 86 valence electrons. The van der Waals surface area contributed by atoms with Gasteiger partial charge < -0.3 is 5.32 Å². The van der Waals surface area contributed by atoms with Crippen molar-refractivity contribution in [1.82, 2.24) is 10.0 Å². The van der Waals surface area contributed by atoms with Crippen LogP contribution in [0.2, 0.25) is 0 Å². The molecule has 2 N–H and O–H groups in total. The van der Waals surface area contributed by atoms with Crippen LogP contribution in [0.1, 0.15) is 19.8 Å². The smallest absolute Gasteiger partial charge is 0.227 e. The van der Waals surface area contributed by atoms with Crippen LogP contribution in [0.15, 0.2) is 0 Å². The van der Waals surface area contributed by atoms with E-state index in [0.717, 1.165) is 25.9 Å². The van der Waals surface area contributed by atoms with Gasteiger partial charge in [-0.05, 0) is 38.8 Å². The van der Waals surface area contributed by atoms with E-state index in [2.05, 4.69) is 10.0 Å². The fraction of sp³-hybridized carbons (Fsp3) is 0.889. The molecule has 1 heterocycles. The van der Waals surface area contributed by atoms with Gasteiger partial charge in [0.15, 0.2) is 5.25 Å². The van der Waals surface area contributed by atoms with E-state index in [-0.39, 0.29) is 0 Å². The highest BCUT2D eigenvalue weighted by Gasteiger charge is 2.22. The van der Waals surface area contributed by atoms with Gasteiger partial charge in [-0.1, -0.05) is 0 Å². The maximum Gasteiger partial charge on any atom is 0.227 e. The van der Waals surface area contributed by atoms with E-state index in [0.29, 0.717) is 12.5 Å². The molecule has 2 unspecified atom stereocenters. The molecular weight excluding hydrogens is 214 g/mol. The van der Waals surface area contributed by atoms with Crippen LogP contribution < -0.4 is 10.0 Å². The molecule has 0 aromatic carbocycles. The Bertz CT molecular complexity index is 328. The molecule has 0 radical (unpaired) electrons. The molecule has 1 fully saturated rings. The quantitative estimate of drug-likeness (QED) is 0.703. The minimum Gasteiger partial charge on any atom is -0.316 e. The molecule has 0 amide bonds. The molecule has 1 aliphatic rings. The minimum absolute atomic E-state index is 0.347. The van der Waals surface area contributed by atoms with Gasteiger partial charge in [-0.15, -0.1) is 0 Å². The Balaban J connectivity index is 2.39. The summed E-state index contributed by atoms with van der Waals surface area (Å²) in [6, 6.07) is 1.73. The van der Waals surface area contributed by atoms with Gasteiger partial charge in [0.05, 0.1) is 6.07 Å². The summed E-state index contributed by atoms with van der Waals surface area (Å²) in [4.78, 5) is 0. The summed E-state index contributed by atoms with van der Waals surface area (Å²) in [7, 11) is -3.45. The maximum atomic E-state index is 11.5.